The van der Waals surface area contributed by atoms with Crippen molar-refractivity contribution in [3.05, 3.63) is 46.8 Å². The number of hydrogen-bond acceptors (Lipinski definition) is 5. The van der Waals surface area contributed by atoms with Crippen molar-refractivity contribution >= 4 is 39.1 Å². The molecule has 7 nitrogen and oxygen atoms in total. The lowest BCUT2D eigenvalue weighted by molar-refractivity contribution is -0.111. The van der Waals surface area contributed by atoms with Gasteiger partial charge in [0.2, 0.25) is 5.91 Å². The van der Waals surface area contributed by atoms with Gasteiger partial charge in [-0.15, -0.1) is 0 Å². The third kappa shape index (κ3) is 4.81. The van der Waals surface area contributed by atoms with E-state index in [-0.39, 0.29) is 22.7 Å². The van der Waals surface area contributed by atoms with Crippen LogP contribution in [0.5, 0.6) is 0 Å². The number of aromatic nitrogens is 2. The van der Waals surface area contributed by atoms with Crippen LogP contribution >= 0.6 is 11.6 Å². The van der Waals surface area contributed by atoms with Crippen molar-refractivity contribution in [3.63, 3.8) is 0 Å². The van der Waals surface area contributed by atoms with E-state index < -0.39 is 9.84 Å². The standard InChI is InChI=1S/C19H22ClN3O4S/c1-13-17(19(20)23(2)22-13)9-10-18(24)21-14-5-7-16(8-6-14)28(25,26)12-15-4-3-11-27-15/h5-10,15H,3-4,11-12H2,1-2H3,(H,21,24). The minimum absolute atomic E-state index is 0.0212. The number of amides is 1. The van der Waals surface area contributed by atoms with Gasteiger partial charge in [-0.1, -0.05) is 11.6 Å². The molecule has 0 bridgehead atoms. The van der Waals surface area contributed by atoms with Gasteiger partial charge in [0.25, 0.3) is 0 Å². The molecule has 2 heterocycles. The van der Waals surface area contributed by atoms with Crippen molar-refractivity contribution in [2.75, 3.05) is 17.7 Å². The Kier molecular flexibility index (Phi) is 6.22. The molecule has 1 saturated heterocycles. The zero-order chi connectivity index (χ0) is 20.3. The monoisotopic (exact) mass is 423 g/mol. The van der Waals surface area contributed by atoms with Gasteiger partial charge in [-0.3, -0.25) is 9.48 Å². The molecule has 150 valence electrons. The van der Waals surface area contributed by atoms with Crippen molar-refractivity contribution in [3.8, 4) is 0 Å². The van der Waals surface area contributed by atoms with E-state index in [9.17, 15) is 13.2 Å². The molecular formula is C19H22ClN3O4S. The van der Waals surface area contributed by atoms with Gasteiger partial charge in [0.1, 0.15) is 5.15 Å². The summed E-state index contributed by atoms with van der Waals surface area (Å²) in [4.78, 5) is 12.3. The lowest BCUT2D eigenvalue weighted by Gasteiger charge is -2.10. The number of benzene rings is 1. The van der Waals surface area contributed by atoms with E-state index in [1.165, 1.54) is 22.9 Å². The molecule has 1 aromatic heterocycles. The molecule has 28 heavy (non-hydrogen) atoms. The average molecular weight is 424 g/mol. The molecule has 1 N–H and O–H groups in total. The molecule has 3 rings (SSSR count). The van der Waals surface area contributed by atoms with Gasteiger partial charge in [-0.05, 0) is 50.1 Å². The molecule has 1 unspecified atom stereocenters. The van der Waals surface area contributed by atoms with Crippen molar-refractivity contribution in [1.29, 1.82) is 0 Å². The van der Waals surface area contributed by atoms with Crippen LogP contribution in [0.15, 0.2) is 35.2 Å². The summed E-state index contributed by atoms with van der Waals surface area (Å²) in [6.07, 6.45) is 4.37. The maximum Gasteiger partial charge on any atom is 0.248 e. The number of anilines is 1. The Morgan fingerprint density at radius 3 is 2.68 bits per heavy atom. The summed E-state index contributed by atoms with van der Waals surface area (Å²) >= 11 is 6.13. The summed E-state index contributed by atoms with van der Waals surface area (Å²) in [5.74, 6) is -0.374. The first-order valence-corrected chi connectivity index (χ1v) is 10.9. The van der Waals surface area contributed by atoms with Crippen LogP contribution in [-0.2, 0) is 26.4 Å². The highest BCUT2D eigenvalue weighted by Crippen LogP contribution is 2.22. The summed E-state index contributed by atoms with van der Waals surface area (Å²) in [6, 6.07) is 6.12. The third-order valence-electron chi connectivity index (χ3n) is 4.51. The van der Waals surface area contributed by atoms with Crippen molar-refractivity contribution in [1.82, 2.24) is 9.78 Å². The van der Waals surface area contributed by atoms with Crippen molar-refractivity contribution in [2.45, 2.75) is 30.8 Å². The second-order valence-electron chi connectivity index (χ2n) is 6.68. The maximum absolute atomic E-state index is 12.4. The number of rotatable bonds is 6. The van der Waals surface area contributed by atoms with Crippen molar-refractivity contribution in [2.24, 2.45) is 7.05 Å². The Morgan fingerprint density at radius 1 is 1.39 bits per heavy atom. The Hall–Kier alpha value is -2.16. The number of nitrogens with zero attached hydrogens (tertiary/aromatic N) is 2. The van der Waals surface area contributed by atoms with Gasteiger partial charge in [-0.25, -0.2) is 8.42 Å². The lowest BCUT2D eigenvalue weighted by atomic mass is 10.2. The molecule has 0 radical (unpaired) electrons. The summed E-state index contributed by atoms with van der Waals surface area (Å²) in [6.45, 7) is 2.42. The minimum Gasteiger partial charge on any atom is -0.377 e. The number of hydrogen-bond donors (Lipinski definition) is 1. The number of aryl methyl sites for hydroxylation is 2. The molecule has 1 fully saturated rings. The maximum atomic E-state index is 12.4. The highest BCUT2D eigenvalue weighted by Gasteiger charge is 2.24. The predicted octanol–water partition coefficient (Wildman–Crippen LogP) is 2.99. The van der Waals surface area contributed by atoms with Gasteiger partial charge in [0, 0.05) is 31.0 Å². The van der Waals surface area contributed by atoms with Crippen LogP contribution in [0.1, 0.15) is 24.1 Å². The van der Waals surface area contributed by atoms with Crippen LogP contribution in [-0.4, -0.2) is 42.6 Å². The molecular weight excluding hydrogens is 402 g/mol. The number of carbonyl (C=O) groups excluding carboxylic acids is 1. The Morgan fingerprint density at radius 2 is 2.11 bits per heavy atom. The first kappa shape index (κ1) is 20.6. The van der Waals surface area contributed by atoms with Crippen LogP contribution in [0.25, 0.3) is 6.08 Å². The normalized spacial score (nSPS) is 17.3. The molecule has 1 aliphatic heterocycles. The largest absolute Gasteiger partial charge is 0.377 e. The number of halogens is 1. The van der Waals surface area contributed by atoms with Gasteiger partial charge in [0.15, 0.2) is 9.84 Å². The summed E-state index contributed by atoms with van der Waals surface area (Å²) in [7, 11) is -1.69. The molecule has 1 aromatic carbocycles. The van der Waals surface area contributed by atoms with E-state index in [0.717, 1.165) is 18.5 Å². The first-order chi connectivity index (χ1) is 13.3. The van der Waals surface area contributed by atoms with E-state index in [1.54, 1.807) is 32.2 Å². The lowest BCUT2D eigenvalue weighted by Crippen LogP contribution is -2.20. The quantitative estimate of drug-likeness (QED) is 0.721. The second-order valence-corrected chi connectivity index (χ2v) is 9.07. The van der Waals surface area contributed by atoms with E-state index in [2.05, 4.69) is 10.4 Å². The van der Waals surface area contributed by atoms with Crippen LogP contribution in [0, 0.1) is 6.92 Å². The molecule has 0 spiro atoms. The summed E-state index contributed by atoms with van der Waals surface area (Å²) < 4.78 is 31.8. The Balaban J connectivity index is 1.63. The molecule has 9 heteroatoms. The zero-order valence-electron chi connectivity index (χ0n) is 15.7. The van der Waals surface area contributed by atoms with E-state index >= 15 is 0 Å². The molecule has 1 amide bonds. The second kappa shape index (κ2) is 8.46. The molecule has 1 aliphatic rings. The topological polar surface area (TPSA) is 90.3 Å². The fourth-order valence-corrected chi connectivity index (χ4v) is 4.77. The third-order valence-corrected chi connectivity index (χ3v) is 6.76. The zero-order valence-corrected chi connectivity index (χ0v) is 17.3. The fraction of sp³-hybridized carbons (Fsp3) is 0.368. The summed E-state index contributed by atoms with van der Waals surface area (Å²) in [5.41, 5.74) is 1.90. The van der Waals surface area contributed by atoms with Gasteiger partial charge in [-0.2, -0.15) is 5.10 Å². The Bertz CT molecular complexity index is 991. The van der Waals surface area contributed by atoms with Crippen LogP contribution < -0.4 is 5.32 Å². The van der Waals surface area contributed by atoms with E-state index in [1.807, 2.05) is 0 Å². The van der Waals surface area contributed by atoms with Crippen LogP contribution in [0.4, 0.5) is 5.69 Å². The first-order valence-electron chi connectivity index (χ1n) is 8.89. The van der Waals surface area contributed by atoms with Gasteiger partial charge < -0.3 is 10.1 Å². The number of ether oxygens (including phenoxy) is 1. The molecule has 1 atom stereocenters. The smallest absolute Gasteiger partial charge is 0.248 e. The molecule has 0 aliphatic carbocycles. The van der Waals surface area contributed by atoms with Crippen LogP contribution in [0.3, 0.4) is 0 Å². The fourth-order valence-electron chi connectivity index (χ4n) is 3.04. The molecule has 0 saturated carbocycles. The number of sulfone groups is 1. The SMILES string of the molecule is Cc1nn(C)c(Cl)c1C=CC(=O)Nc1ccc(S(=O)(=O)CC2CCCO2)cc1. The highest BCUT2D eigenvalue weighted by molar-refractivity contribution is 7.91. The molecule has 2 aromatic rings. The number of carbonyl (C=O) groups is 1. The Labute approximate surface area is 169 Å². The highest BCUT2D eigenvalue weighted by atomic mass is 35.5. The number of nitrogens with one attached hydrogen (secondary N) is 1. The predicted molar refractivity (Wildman–Crippen MR) is 108 cm³/mol. The van der Waals surface area contributed by atoms with Crippen molar-refractivity contribution < 1.29 is 17.9 Å². The summed E-state index contributed by atoms with van der Waals surface area (Å²) in [5, 5.41) is 7.32. The minimum atomic E-state index is -3.42. The van der Waals surface area contributed by atoms with E-state index in [4.69, 9.17) is 16.3 Å². The average Bonchev–Trinajstić information content (AvgIpc) is 3.22. The van der Waals surface area contributed by atoms with Crippen LogP contribution in [0.2, 0.25) is 5.15 Å². The van der Waals surface area contributed by atoms with Gasteiger partial charge >= 0.3 is 0 Å². The van der Waals surface area contributed by atoms with E-state index in [0.29, 0.717) is 23.0 Å². The van der Waals surface area contributed by atoms with Gasteiger partial charge in [0.05, 0.1) is 22.4 Å².